The molecule has 34 heavy (non-hydrogen) atoms. The number of nitrogens with one attached hydrogen (secondary N) is 1. The molecule has 3 aromatic heterocycles. The molecule has 172 valence electrons. The zero-order valence-corrected chi connectivity index (χ0v) is 18.8. The molecular weight excluding hydrogens is 432 g/mol. The molecule has 1 amide bonds. The van der Waals surface area contributed by atoms with Crippen LogP contribution in [0.15, 0.2) is 62.5 Å². The molecule has 1 saturated heterocycles. The van der Waals surface area contributed by atoms with E-state index in [4.69, 9.17) is 4.42 Å². The van der Waals surface area contributed by atoms with E-state index in [0.717, 1.165) is 30.6 Å². The molecule has 2 bridgehead atoms. The van der Waals surface area contributed by atoms with Crippen LogP contribution in [0.5, 0.6) is 0 Å². The number of piperidine rings is 1. The third kappa shape index (κ3) is 3.51. The number of para-hydroxylation sites is 1. The number of aromatic nitrogens is 2. The van der Waals surface area contributed by atoms with E-state index in [9.17, 15) is 14.4 Å². The second kappa shape index (κ2) is 7.92. The Morgan fingerprint density at radius 3 is 2.85 bits per heavy atom. The van der Waals surface area contributed by atoms with Crippen LogP contribution in [0.2, 0.25) is 0 Å². The molecule has 5 heterocycles. The predicted molar refractivity (Wildman–Crippen MR) is 129 cm³/mol. The van der Waals surface area contributed by atoms with E-state index in [1.165, 1.54) is 0 Å². The summed E-state index contributed by atoms with van der Waals surface area (Å²) >= 11 is 0. The summed E-state index contributed by atoms with van der Waals surface area (Å²) in [6.45, 7) is 4.28. The maximum Gasteiger partial charge on any atom is 0.346 e. The molecule has 6 rings (SSSR count). The van der Waals surface area contributed by atoms with E-state index >= 15 is 0 Å². The maximum atomic E-state index is 12.9. The Bertz CT molecular complexity index is 1570. The summed E-state index contributed by atoms with van der Waals surface area (Å²) in [4.78, 5) is 44.4. The van der Waals surface area contributed by atoms with Crippen LogP contribution in [0, 0.1) is 12.8 Å². The monoisotopic (exact) mass is 456 g/mol. The third-order valence-electron chi connectivity index (χ3n) is 6.96. The summed E-state index contributed by atoms with van der Waals surface area (Å²) in [6.07, 6.45) is 1.04. The second-order valence-corrected chi connectivity index (χ2v) is 9.37. The summed E-state index contributed by atoms with van der Waals surface area (Å²) in [5.74, 6) is 0.871. The van der Waals surface area contributed by atoms with Crippen molar-refractivity contribution in [2.75, 3.05) is 25.0 Å². The van der Waals surface area contributed by atoms with Crippen LogP contribution in [-0.4, -0.2) is 40.0 Å². The van der Waals surface area contributed by atoms with Crippen molar-refractivity contribution in [3.8, 4) is 0 Å². The number of likely N-dealkylation sites (tertiary alicyclic amines) is 1. The van der Waals surface area contributed by atoms with Gasteiger partial charge in [0.1, 0.15) is 11.4 Å². The van der Waals surface area contributed by atoms with E-state index in [1.807, 2.05) is 35.8 Å². The van der Waals surface area contributed by atoms with Crippen LogP contribution in [0.4, 0.5) is 5.82 Å². The molecule has 2 aliphatic rings. The summed E-state index contributed by atoms with van der Waals surface area (Å²) in [5, 5.41) is 4.08. The summed E-state index contributed by atoms with van der Waals surface area (Å²) in [5.41, 5.74) is 2.38. The first-order chi connectivity index (χ1) is 16.5. The fourth-order valence-electron chi connectivity index (χ4n) is 5.60. The molecule has 2 atom stereocenters. The molecule has 0 radical (unpaired) electrons. The largest absolute Gasteiger partial charge is 0.422 e. The van der Waals surface area contributed by atoms with Crippen molar-refractivity contribution in [1.29, 1.82) is 0 Å². The number of nitrogens with zero attached hydrogens (tertiary/aromatic N) is 3. The van der Waals surface area contributed by atoms with Crippen LogP contribution in [0.3, 0.4) is 0 Å². The molecule has 8 heteroatoms. The molecule has 1 aromatic carbocycles. The number of aryl methyl sites for hydroxylation is 1. The van der Waals surface area contributed by atoms with E-state index in [-0.39, 0.29) is 23.9 Å². The van der Waals surface area contributed by atoms with E-state index < -0.39 is 5.63 Å². The Kier molecular flexibility index (Phi) is 4.84. The average molecular weight is 457 g/mol. The number of carbonyl (C=O) groups is 1. The Morgan fingerprint density at radius 1 is 1.12 bits per heavy atom. The summed E-state index contributed by atoms with van der Waals surface area (Å²) in [6, 6.07) is 14.4. The number of hydrogen-bond donors (Lipinski definition) is 1. The van der Waals surface area contributed by atoms with Gasteiger partial charge in [-0.05, 0) is 49.1 Å². The highest BCUT2D eigenvalue weighted by atomic mass is 16.4. The van der Waals surface area contributed by atoms with Gasteiger partial charge in [0.25, 0.3) is 5.56 Å². The van der Waals surface area contributed by atoms with Crippen molar-refractivity contribution in [3.05, 3.63) is 80.6 Å². The molecule has 0 aliphatic carbocycles. The number of fused-ring (bicyclic) bond motifs is 7. The van der Waals surface area contributed by atoms with Crippen LogP contribution in [0.25, 0.3) is 21.9 Å². The van der Waals surface area contributed by atoms with E-state index in [2.05, 4.69) is 15.2 Å². The number of benzene rings is 1. The number of hydrogen-bond acceptors (Lipinski definition) is 6. The van der Waals surface area contributed by atoms with Gasteiger partial charge in [-0.2, -0.15) is 0 Å². The highest BCUT2D eigenvalue weighted by Gasteiger charge is 2.35. The number of amides is 1. The predicted octanol–water partition coefficient (Wildman–Crippen LogP) is 2.87. The van der Waals surface area contributed by atoms with Crippen molar-refractivity contribution in [3.63, 3.8) is 0 Å². The number of anilines is 1. The standard InChI is InChI=1S/C26H24N4O4/c1-15-9-21(28-25-18-5-2-3-7-20(18)34-26(33)24(15)25)27-22(31)14-29-11-16-10-17(13-29)19-6-4-8-23(32)30(19)12-16/h2-9,16-17H,10-14H2,1H3,(H,27,28,31)/t16-,17+/m1/s1. The number of pyridine rings is 2. The fraction of sp³-hybridized carbons (Fsp3) is 0.308. The van der Waals surface area contributed by atoms with Gasteiger partial charge in [0.05, 0.1) is 17.4 Å². The van der Waals surface area contributed by atoms with Crippen LogP contribution in [-0.2, 0) is 11.3 Å². The van der Waals surface area contributed by atoms with Crippen LogP contribution in [0.1, 0.15) is 23.6 Å². The molecular formula is C26H24N4O4. The molecule has 1 N–H and O–H groups in total. The second-order valence-electron chi connectivity index (χ2n) is 9.37. The first-order valence-electron chi connectivity index (χ1n) is 11.5. The highest BCUT2D eigenvalue weighted by Crippen LogP contribution is 2.34. The Morgan fingerprint density at radius 2 is 1.97 bits per heavy atom. The van der Waals surface area contributed by atoms with Gasteiger partial charge < -0.3 is 14.3 Å². The molecule has 0 unspecified atom stereocenters. The highest BCUT2D eigenvalue weighted by molar-refractivity contribution is 6.04. The third-order valence-corrected chi connectivity index (χ3v) is 6.96. The van der Waals surface area contributed by atoms with E-state index in [0.29, 0.717) is 40.3 Å². The molecule has 1 fully saturated rings. The maximum absolute atomic E-state index is 12.9. The Balaban J connectivity index is 1.24. The van der Waals surface area contributed by atoms with Gasteiger partial charge in [-0.25, -0.2) is 9.78 Å². The first kappa shape index (κ1) is 20.8. The minimum atomic E-state index is -0.434. The van der Waals surface area contributed by atoms with Gasteiger partial charge in [-0.3, -0.25) is 14.5 Å². The lowest BCUT2D eigenvalue weighted by atomic mass is 9.83. The van der Waals surface area contributed by atoms with Crippen molar-refractivity contribution in [2.24, 2.45) is 5.92 Å². The fourth-order valence-corrected chi connectivity index (χ4v) is 5.60. The summed E-state index contributed by atoms with van der Waals surface area (Å²) in [7, 11) is 0. The minimum Gasteiger partial charge on any atom is -0.422 e. The Labute approximate surface area is 194 Å². The van der Waals surface area contributed by atoms with Gasteiger partial charge in [-0.15, -0.1) is 0 Å². The quantitative estimate of drug-likeness (QED) is 0.376. The van der Waals surface area contributed by atoms with Crippen molar-refractivity contribution >= 4 is 33.6 Å². The van der Waals surface area contributed by atoms with Gasteiger partial charge in [-0.1, -0.05) is 18.2 Å². The van der Waals surface area contributed by atoms with Crippen molar-refractivity contribution in [1.82, 2.24) is 14.5 Å². The first-order valence-corrected chi connectivity index (χ1v) is 11.5. The molecule has 2 aliphatic heterocycles. The minimum absolute atomic E-state index is 0.0534. The lowest BCUT2D eigenvalue weighted by molar-refractivity contribution is -0.118. The summed E-state index contributed by atoms with van der Waals surface area (Å²) < 4.78 is 7.32. The van der Waals surface area contributed by atoms with E-state index in [1.54, 1.807) is 24.3 Å². The molecule has 8 nitrogen and oxygen atoms in total. The van der Waals surface area contributed by atoms with Gasteiger partial charge in [0.2, 0.25) is 5.91 Å². The Hall–Kier alpha value is -3.78. The zero-order valence-electron chi connectivity index (χ0n) is 18.8. The van der Waals surface area contributed by atoms with Crippen LogP contribution >= 0.6 is 0 Å². The molecule has 0 spiro atoms. The van der Waals surface area contributed by atoms with Gasteiger partial charge >= 0.3 is 5.63 Å². The van der Waals surface area contributed by atoms with Crippen LogP contribution < -0.4 is 16.5 Å². The SMILES string of the molecule is Cc1cc(NC(=O)CN2C[C@H]3C[C@@H](C2)c2cccc(=O)n2C3)nc2c1c(=O)oc1ccccc12. The lowest BCUT2D eigenvalue weighted by Crippen LogP contribution is -2.49. The molecule has 0 saturated carbocycles. The van der Waals surface area contributed by atoms with Gasteiger partial charge in [0, 0.05) is 42.7 Å². The number of rotatable bonds is 3. The lowest BCUT2D eigenvalue weighted by Gasteiger charge is -2.42. The normalized spacial score (nSPS) is 19.8. The zero-order chi connectivity index (χ0) is 23.4. The van der Waals surface area contributed by atoms with Gasteiger partial charge in [0.15, 0.2) is 0 Å². The molecule has 4 aromatic rings. The number of carbonyl (C=O) groups excluding carboxylic acids is 1. The topological polar surface area (TPSA) is 97.4 Å². The average Bonchev–Trinajstić information content (AvgIpc) is 2.79. The smallest absolute Gasteiger partial charge is 0.346 e. The van der Waals surface area contributed by atoms with Crippen molar-refractivity contribution in [2.45, 2.75) is 25.8 Å². The van der Waals surface area contributed by atoms with Crippen molar-refractivity contribution < 1.29 is 9.21 Å².